The van der Waals surface area contributed by atoms with Crippen molar-refractivity contribution in [2.75, 3.05) is 5.73 Å². The molecule has 0 fully saturated rings. The maximum absolute atomic E-state index is 14.0. The normalized spacial score (nSPS) is 11.7. The molecule has 0 bridgehead atoms. The largest absolute Gasteiger partial charge is 0.381 e. The average Bonchev–Trinajstić information content (AvgIpc) is 2.64. The Kier molecular flexibility index (Phi) is 2.42. The Morgan fingerprint density at radius 3 is 2.56 bits per heavy atom. The topological polar surface area (TPSA) is 52.0 Å². The van der Waals surface area contributed by atoms with Gasteiger partial charge in [0.1, 0.15) is 5.67 Å². The highest BCUT2D eigenvalue weighted by molar-refractivity contribution is 5.65. The third-order valence-electron chi connectivity index (χ3n) is 2.36. The molecular formula is C12H13FN2O. The third kappa shape index (κ3) is 1.91. The first kappa shape index (κ1) is 10.7. The molecule has 0 radical (unpaired) electrons. The van der Waals surface area contributed by atoms with Gasteiger partial charge in [0.25, 0.3) is 0 Å². The highest BCUT2D eigenvalue weighted by atomic mass is 19.1. The third-order valence-corrected chi connectivity index (χ3v) is 2.36. The quantitative estimate of drug-likeness (QED) is 0.845. The van der Waals surface area contributed by atoms with Gasteiger partial charge in [-0.1, -0.05) is 29.4 Å². The van der Waals surface area contributed by atoms with Crippen LogP contribution in [0.4, 0.5) is 10.2 Å². The predicted octanol–water partition coefficient (Wildman–Crippen LogP) is 3.13. The van der Waals surface area contributed by atoms with Crippen LogP contribution in [-0.2, 0) is 5.67 Å². The molecule has 0 aliphatic rings. The van der Waals surface area contributed by atoms with E-state index in [1.54, 1.807) is 24.3 Å². The van der Waals surface area contributed by atoms with Crippen molar-refractivity contribution in [3.05, 3.63) is 35.9 Å². The molecule has 0 aliphatic heterocycles. The van der Waals surface area contributed by atoms with Crippen molar-refractivity contribution in [3.8, 4) is 11.3 Å². The minimum Gasteiger partial charge on any atom is -0.381 e. The minimum absolute atomic E-state index is 0.293. The number of alkyl halides is 1. The second-order valence-corrected chi connectivity index (χ2v) is 4.13. The van der Waals surface area contributed by atoms with Crippen LogP contribution in [0.3, 0.4) is 0 Å². The Morgan fingerprint density at radius 1 is 1.31 bits per heavy atom. The molecule has 0 amide bonds. The van der Waals surface area contributed by atoms with Crippen molar-refractivity contribution in [2.24, 2.45) is 0 Å². The number of nitrogens with zero attached hydrogens (tertiary/aromatic N) is 1. The van der Waals surface area contributed by atoms with Gasteiger partial charge >= 0.3 is 0 Å². The number of aromatic nitrogens is 1. The number of nitrogen functional groups attached to an aromatic ring is 1. The monoisotopic (exact) mass is 220 g/mol. The van der Waals surface area contributed by atoms with E-state index in [0.717, 1.165) is 0 Å². The maximum atomic E-state index is 14.0. The van der Waals surface area contributed by atoms with Crippen molar-refractivity contribution in [1.82, 2.24) is 5.16 Å². The molecule has 1 aromatic carbocycles. The van der Waals surface area contributed by atoms with E-state index in [4.69, 9.17) is 10.3 Å². The SMILES string of the molecule is CC(C)(F)c1ccccc1-c1cc(N)no1. The molecule has 0 aliphatic carbocycles. The molecule has 4 heteroatoms. The Morgan fingerprint density at radius 2 is 2.00 bits per heavy atom. The van der Waals surface area contributed by atoms with Crippen molar-refractivity contribution < 1.29 is 8.91 Å². The lowest BCUT2D eigenvalue weighted by molar-refractivity contribution is 0.222. The highest BCUT2D eigenvalue weighted by Gasteiger charge is 2.24. The highest BCUT2D eigenvalue weighted by Crippen LogP contribution is 2.34. The van der Waals surface area contributed by atoms with Gasteiger partial charge in [0.15, 0.2) is 11.6 Å². The molecular weight excluding hydrogens is 207 g/mol. The molecule has 3 nitrogen and oxygen atoms in total. The molecule has 1 aromatic heterocycles. The van der Waals surface area contributed by atoms with Gasteiger partial charge in [-0.15, -0.1) is 0 Å². The molecule has 0 saturated carbocycles. The Labute approximate surface area is 93.1 Å². The summed E-state index contributed by atoms with van der Waals surface area (Å²) < 4.78 is 19.0. The van der Waals surface area contributed by atoms with Crippen LogP contribution in [0.1, 0.15) is 19.4 Å². The van der Waals surface area contributed by atoms with Crippen LogP contribution < -0.4 is 5.73 Å². The van der Waals surface area contributed by atoms with Gasteiger partial charge in [-0.05, 0) is 19.4 Å². The van der Waals surface area contributed by atoms with Crippen LogP contribution >= 0.6 is 0 Å². The van der Waals surface area contributed by atoms with Gasteiger partial charge in [-0.3, -0.25) is 0 Å². The minimum atomic E-state index is -1.43. The molecule has 2 rings (SSSR count). The molecule has 2 N–H and O–H groups in total. The zero-order valence-corrected chi connectivity index (χ0v) is 9.20. The van der Waals surface area contributed by atoms with Crippen molar-refractivity contribution in [1.29, 1.82) is 0 Å². The lowest BCUT2D eigenvalue weighted by Crippen LogP contribution is -2.10. The summed E-state index contributed by atoms with van der Waals surface area (Å²) in [6.45, 7) is 3.01. The van der Waals surface area contributed by atoms with E-state index in [2.05, 4.69) is 5.16 Å². The summed E-state index contributed by atoms with van der Waals surface area (Å²) >= 11 is 0. The summed E-state index contributed by atoms with van der Waals surface area (Å²) in [6, 6.07) is 8.72. The second-order valence-electron chi connectivity index (χ2n) is 4.13. The van der Waals surface area contributed by atoms with Crippen LogP contribution in [0.5, 0.6) is 0 Å². The fourth-order valence-corrected chi connectivity index (χ4v) is 1.63. The fourth-order valence-electron chi connectivity index (χ4n) is 1.63. The number of hydrogen-bond donors (Lipinski definition) is 1. The molecule has 16 heavy (non-hydrogen) atoms. The van der Waals surface area contributed by atoms with Crippen LogP contribution in [0.15, 0.2) is 34.9 Å². The number of rotatable bonds is 2. The average molecular weight is 220 g/mol. The van der Waals surface area contributed by atoms with Gasteiger partial charge in [-0.25, -0.2) is 4.39 Å². The molecule has 0 atom stereocenters. The Hall–Kier alpha value is -1.84. The first-order valence-corrected chi connectivity index (χ1v) is 4.99. The van der Waals surface area contributed by atoms with Crippen molar-refractivity contribution in [2.45, 2.75) is 19.5 Å². The number of nitrogens with two attached hydrogens (primary N) is 1. The lowest BCUT2D eigenvalue weighted by atomic mass is 9.93. The van der Waals surface area contributed by atoms with Gasteiger partial charge < -0.3 is 10.3 Å². The maximum Gasteiger partial charge on any atom is 0.169 e. The lowest BCUT2D eigenvalue weighted by Gasteiger charge is -2.17. The van der Waals surface area contributed by atoms with E-state index in [9.17, 15) is 4.39 Å². The summed E-state index contributed by atoms with van der Waals surface area (Å²) in [6.07, 6.45) is 0. The molecule has 1 heterocycles. The molecule has 0 spiro atoms. The second kappa shape index (κ2) is 3.63. The van der Waals surface area contributed by atoms with E-state index in [1.165, 1.54) is 13.8 Å². The van der Waals surface area contributed by atoms with E-state index in [1.807, 2.05) is 6.07 Å². The molecule has 0 unspecified atom stereocenters. The van der Waals surface area contributed by atoms with E-state index >= 15 is 0 Å². The van der Waals surface area contributed by atoms with Crippen molar-refractivity contribution >= 4 is 5.82 Å². The smallest absolute Gasteiger partial charge is 0.169 e. The van der Waals surface area contributed by atoms with Crippen LogP contribution in [0.2, 0.25) is 0 Å². The summed E-state index contributed by atoms with van der Waals surface area (Å²) in [5.41, 5.74) is 5.29. The summed E-state index contributed by atoms with van der Waals surface area (Å²) in [5, 5.41) is 3.60. The number of benzene rings is 1. The number of hydrogen-bond acceptors (Lipinski definition) is 3. The molecule has 0 saturated heterocycles. The number of anilines is 1. The van der Waals surface area contributed by atoms with Gasteiger partial charge in [0.05, 0.1) is 0 Å². The number of halogens is 1. The van der Waals surface area contributed by atoms with Gasteiger partial charge in [0, 0.05) is 11.6 Å². The standard InChI is InChI=1S/C12H13FN2O/c1-12(2,13)9-6-4-3-5-8(9)10-7-11(14)15-16-10/h3-7H,1-2H3,(H2,14,15). The van der Waals surface area contributed by atoms with E-state index in [-0.39, 0.29) is 0 Å². The fraction of sp³-hybridized carbons (Fsp3) is 0.250. The Bertz CT molecular complexity index is 500. The summed E-state index contributed by atoms with van der Waals surface area (Å²) in [5.74, 6) is 0.778. The molecule has 84 valence electrons. The summed E-state index contributed by atoms with van der Waals surface area (Å²) in [4.78, 5) is 0. The van der Waals surface area contributed by atoms with Crippen LogP contribution in [-0.4, -0.2) is 5.16 Å². The first-order chi connectivity index (χ1) is 7.48. The van der Waals surface area contributed by atoms with Crippen molar-refractivity contribution in [3.63, 3.8) is 0 Å². The van der Waals surface area contributed by atoms with Crippen LogP contribution in [0.25, 0.3) is 11.3 Å². The summed E-state index contributed by atoms with van der Waals surface area (Å²) in [7, 11) is 0. The van der Waals surface area contributed by atoms with Gasteiger partial charge in [-0.2, -0.15) is 0 Å². The van der Waals surface area contributed by atoms with Gasteiger partial charge in [0.2, 0.25) is 0 Å². The molecule has 2 aromatic rings. The zero-order chi connectivity index (χ0) is 11.8. The Balaban J connectivity index is 2.57. The predicted molar refractivity (Wildman–Crippen MR) is 60.5 cm³/mol. The van der Waals surface area contributed by atoms with E-state index < -0.39 is 5.67 Å². The van der Waals surface area contributed by atoms with Crippen LogP contribution in [0, 0.1) is 0 Å². The van der Waals surface area contributed by atoms with E-state index in [0.29, 0.717) is 22.7 Å². The zero-order valence-electron chi connectivity index (χ0n) is 9.20. The first-order valence-electron chi connectivity index (χ1n) is 4.99.